The van der Waals surface area contributed by atoms with Crippen LogP contribution in [0.5, 0.6) is 17.2 Å². The number of fused-ring (bicyclic) bond motifs is 4. The Labute approximate surface area is 123 Å². The molecule has 110 valence electrons. The molecule has 6 heteroatoms. The summed E-state index contributed by atoms with van der Waals surface area (Å²) in [6.45, 7) is 0. The second kappa shape index (κ2) is 4.25. The van der Waals surface area contributed by atoms with Gasteiger partial charge in [-0.3, -0.25) is 4.79 Å². The minimum absolute atomic E-state index is 0.0247. The lowest BCUT2D eigenvalue weighted by atomic mass is 9.98. The van der Waals surface area contributed by atoms with E-state index in [0.29, 0.717) is 11.3 Å². The van der Waals surface area contributed by atoms with Crippen LogP contribution in [0.3, 0.4) is 0 Å². The van der Waals surface area contributed by atoms with Crippen LogP contribution in [0.2, 0.25) is 0 Å². The minimum atomic E-state index is -1.44. The van der Waals surface area contributed by atoms with E-state index >= 15 is 0 Å². The van der Waals surface area contributed by atoms with Crippen LogP contribution in [-0.2, 0) is 0 Å². The normalized spacial score (nSPS) is 16.0. The smallest absolute Gasteiger partial charge is 0.257 e. The van der Waals surface area contributed by atoms with E-state index in [9.17, 15) is 20.1 Å². The van der Waals surface area contributed by atoms with Crippen molar-refractivity contribution in [2.75, 3.05) is 0 Å². The van der Waals surface area contributed by atoms with Crippen LogP contribution in [0, 0.1) is 0 Å². The Morgan fingerprint density at radius 1 is 1.09 bits per heavy atom. The molecule has 6 nitrogen and oxygen atoms in total. The van der Waals surface area contributed by atoms with Crippen LogP contribution in [0.25, 0.3) is 22.1 Å². The summed E-state index contributed by atoms with van der Waals surface area (Å²) < 4.78 is 10.8. The van der Waals surface area contributed by atoms with E-state index in [0.717, 1.165) is 6.07 Å². The number of rotatable bonds is 0. The number of aliphatic hydroxyl groups excluding tert-OH is 1. The number of benzene rings is 2. The van der Waals surface area contributed by atoms with Gasteiger partial charge in [0, 0.05) is 17.7 Å². The first-order chi connectivity index (χ1) is 10.6. The first kappa shape index (κ1) is 12.7. The maximum atomic E-state index is 12.7. The molecule has 0 aliphatic carbocycles. The van der Waals surface area contributed by atoms with Crippen LogP contribution in [0.4, 0.5) is 0 Å². The second-order valence-electron chi connectivity index (χ2n) is 4.97. The molecule has 0 radical (unpaired) electrons. The second-order valence-corrected chi connectivity index (χ2v) is 4.97. The maximum Gasteiger partial charge on any atom is 0.257 e. The molecule has 0 amide bonds. The van der Waals surface area contributed by atoms with Gasteiger partial charge in [-0.05, 0) is 6.07 Å². The molecule has 1 aromatic heterocycles. The summed E-state index contributed by atoms with van der Waals surface area (Å²) in [5, 5.41) is 29.4. The fourth-order valence-corrected chi connectivity index (χ4v) is 2.68. The molecular formula is C16H10O6. The molecule has 0 bridgehead atoms. The van der Waals surface area contributed by atoms with Crippen molar-refractivity contribution in [3.8, 4) is 28.4 Å². The lowest BCUT2D eigenvalue weighted by Gasteiger charge is -2.23. The summed E-state index contributed by atoms with van der Waals surface area (Å²) in [5.74, 6) is -0.335. The van der Waals surface area contributed by atoms with E-state index in [1.165, 1.54) is 6.07 Å². The van der Waals surface area contributed by atoms with Gasteiger partial charge in [0.05, 0.1) is 5.56 Å². The van der Waals surface area contributed by atoms with E-state index in [4.69, 9.17) is 9.15 Å². The van der Waals surface area contributed by atoms with Gasteiger partial charge in [-0.2, -0.15) is 0 Å². The molecule has 22 heavy (non-hydrogen) atoms. The Hall–Kier alpha value is -2.99. The molecule has 2 aromatic carbocycles. The zero-order chi connectivity index (χ0) is 15.4. The number of phenols is 2. The Bertz CT molecular complexity index is 972. The van der Waals surface area contributed by atoms with Crippen molar-refractivity contribution < 1.29 is 24.5 Å². The van der Waals surface area contributed by atoms with Gasteiger partial charge in [0.25, 0.3) is 6.29 Å². The Morgan fingerprint density at radius 2 is 1.86 bits per heavy atom. The quantitative estimate of drug-likeness (QED) is 0.588. The highest BCUT2D eigenvalue weighted by atomic mass is 16.6. The van der Waals surface area contributed by atoms with Gasteiger partial charge >= 0.3 is 0 Å². The largest absolute Gasteiger partial charge is 0.508 e. The van der Waals surface area contributed by atoms with E-state index in [2.05, 4.69) is 0 Å². The molecule has 0 unspecified atom stereocenters. The predicted octanol–water partition coefficient (Wildman–Crippen LogP) is 2.25. The van der Waals surface area contributed by atoms with Crippen molar-refractivity contribution in [3.05, 3.63) is 52.4 Å². The monoisotopic (exact) mass is 298 g/mol. The highest BCUT2D eigenvalue weighted by Gasteiger charge is 2.31. The van der Waals surface area contributed by atoms with Gasteiger partial charge in [-0.15, -0.1) is 0 Å². The van der Waals surface area contributed by atoms with Gasteiger partial charge in [0.15, 0.2) is 5.76 Å². The average Bonchev–Trinajstić information content (AvgIpc) is 2.46. The molecule has 0 saturated heterocycles. The summed E-state index contributed by atoms with van der Waals surface area (Å²) in [4.78, 5) is 12.7. The Kier molecular flexibility index (Phi) is 2.46. The zero-order valence-electron chi connectivity index (χ0n) is 11.1. The van der Waals surface area contributed by atoms with E-state index in [1.54, 1.807) is 24.3 Å². The first-order valence-electron chi connectivity index (χ1n) is 6.53. The molecule has 1 aliphatic rings. The van der Waals surface area contributed by atoms with Crippen molar-refractivity contribution in [1.29, 1.82) is 0 Å². The third kappa shape index (κ3) is 1.61. The van der Waals surface area contributed by atoms with Gasteiger partial charge in [0.1, 0.15) is 28.2 Å². The van der Waals surface area contributed by atoms with E-state index in [-0.39, 0.29) is 33.8 Å². The fraction of sp³-hybridized carbons (Fsp3) is 0.0625. The molecule has 0 fully saturated rings. The van der Waals surface area contributed by atoms with Crippen molar-refractivity contribution in [2.24, 2.45) is 0 Å². The Balaban J connectivity index is 2.19. The molecule has 1 atom stereocenters. The average molecular weight is 298 g/mol. The molecule has 2 heterocycles. The van der Waals surface area contributed by atoms with Gasteiger partial charge in [-0.25, -0.2) is 0 Å². The number of aliphatic hydroxyl groups is 1. The molecule has 4 rings (SSSR count). The molecular weight excluding hydrogens is 288 g/mol. The van der Waals surface area contributed by atoms with Gasteiger partial charge in [-0.1, -0.05) is 18.2 Å². The summed E-state index contributed by atoms with van der Waals surface area (Å²) >= 11 is 0. The van der Waals surface area contributed by atoms with Crippen molar-refractivity contribution in [1.82, 2.24) is 0 Å². The number of aromatic hydroxyl groups is 2. The fourth-order valence-electron chi connectivity index (χ4n) is 2.68. The van der Waals surface area contributed by atoms with Crippen LogP contribution in [0.15, 0.2) is 45.6 Å². The summed E-state index contributed by atoms with van der Waals surface area (Å²) in [6.07, 6.45) is -1.44. The van der Waals surface area contributed by atoms with Crippen molar-refractivity contribution in [2.45, 2.75) is 6.29 Å². The first-order valence-corrected chi connectivity index (χ1v) is 6.53. The number of ether oxygens (including phenoxy) is 1. The third-order valence-electron chi connectivity index (χ3n) is 3.61. The topological polar surface area (TPSA) is 100 Å². The summed E-state index contributed by atoms with van der Waals surface area (Å²) in [6, 6.07) is 9.00. The van der Waals surface area contributed by atoms with Crippen molar-refractivity contribution >= 4 is 11.0 Å². The van der Waals surface area contributed by atoms with Crippen molar-refractivity contribution in [3.63, 3.8) is 0 Å². The molecule has 0 saturated carbocycles. The summed E-state index contributed by atoms with van der Waals surface area (Å²) in [5.41, 5.74) is 0.0978. The third-order valence-corrected chi connectivity index (χ3v) is 3.61. The lowest BCUT2D eigenvalue weighted by Crippen LogP contribution is -2.19. The van der Waals surface area contributed by atoms with Crippen LogP contribution >= 0.6 is 0 Å². The van der Waals surface area contributed by atoms with E-state index < -0.39 is 11.7 Å². The molecule has 3 aromatic rings. The Morgan fingerprint density at radius 3 is 2.68 bits per heavy atom. The highest BCUT2D eigenvalue weighted by molar-refractivity contribution is 5.90. The SMILES string of the molecule is O=c1c2c(oc3cc(O)cc(O)c13)[C@H](O)Oc1ccccc1-2. The number of para-hydroxylation sites is 1. The molecule has 1 aliphatic heterocycles. The van der Waals surface area contributed by atoms with Crippen LogP contribution in [-0.4, -0.2) is 15.3 Å². The predicted molar refractivity (Wildman–Crippen MR) is 76.8 cm³/mol. The lowest BCUT2D eigenvalue weighted by molar-refractivity contribution is -0.0376. The number of phenolic OH excluding ortho intramolecular Hbond substituents is 2. The minimum Gasteiger partial charge on any atom is -0.508 e. The maximum absolute atomic E-state index is 12.7. The molecule has 3 N–H and O–H groups in total. The van der Waals surface area contributed by atoms with Gasteiger partial charge < -0.3 is 24.5 Å². The number of hydrogen-bond acceptors (Lipinski definition) is 6. The van der Waals surface area contributed by atoms with E-state index in [1.807, 2.05) is 0 Å². The zero-order valence-corrected chi connectivity index (χ0v) is 11.1. The standard InChI is InChI=1S/C16H10O6/c17-7-5-9(18)13-11(6-7)21-15-12(14(13)19)8-3-1-2-4-10(8)22-16(15)20/h1-6,16-18,20H/t16-/m1/s1. The summed E-state index contributed by atoms with van der Waals surface area (Å²) in [7, 11) is 0. The van der Waals surface area contributed by atoms with Gasteiger partial charge in [0.2, 0.25) is 5.43 Å². The van der Waals surface area contributed by atoms with Crippen LogP contribution in [0.1, 0.15) is 12.1 Å². The number of hydrogen-bond donors (Lipinski definition) is 3. The van der Waals surface area contributed by atoms with Crippen LogP contribution < -0.4 is 10.2 Å². The molecule has 0 spiro atoms. The highest BCUT2D eigenvalue weighted by Crippen LogP contribution is 2.41.